The van der Waals surface area contributed by atoms with Gasteiger partial charge in [-0.25, -0.2) is 0 Å². The van der Waals surface area contributed by atoms with Gasteiger partial charge in [0.15, 0.2) is 0 Å². The summed E-state index contributed by atoms with van der Waals surface area (Å²) in [5, 5.41) is 0. The van der Waals surface area contributed by atoms with Crippen LogP contribution < -0.4 is 0 Å². The second-order valence-electron chi connectivity index (χ2n) is 9.44. The largest absolute Gasteiger partial charge is 0.129 e. The van der Waals surface area contributed by atoms with E-state index in [2.05, 4.69) is 77.0 Å². The molecule has 0 aromatic heterocycles. The summed E-state index contributed by atoms with van der Waals surface area (Å²) in [6.45, 7) is 16.7. The molecule has 0 aromatic carbocycles. The Bertz CT molecular complexity index is 532. The highest BCUT2D eigenvalue weighted by Crippen LogP contribution is 2.59. The van der Waals surface area contributed by atoms with Gasteiger partial charge in [0, 0.05) is 5.92 Å². The van der Waals surface area contributed by atoms with Crippen LogP contribution in [-0.4, -0.2) is 8.07 Å². The van der Waals surface area contributed by atoms with E-state index in [9.17, 15) is 0 Å². The Morgan fingerprint density at radius 1 is 1.18 bits per heavy atom. The fourth-order valence-corrected chi connectivity index (χ4v) is 5.37. The lowest BCUT2D eigenvalue weighted by Gasteiger charge is -2.56. The highest BCUT2D eigenvalue weighted by atomic mass is 28.3. The van der Waals surface area contributed by atoms with Gasteiger partial charge in [0.2, 0.25) is 0 Å². The van der Waals surface area contributed by atoms with Gasteiger partial charge < -0.3 is 0 Å². The minimum Gasteiger partial charge on any atom is -0.127 e. The molecule has 1 heteroatoms. The van der Waals surface area contributed by atoms with Crippen LogP contribution in [0, 0.1) is 34.1 Å². The van der Waals surface area contributed by atoms with Gasteiger partial charge in [0.1, 0.15) is 8.07 Å². The Balaban J connectivity index is 2.29. The topological polar surface area (TPSA) is 0 Å². The molecule has 0 unspecified atom stereocenters. The summed E-state index contributed by atoms with van der Waals surface area (Å²) in [5.74, 6) is 4.70. The average Bonchev–Trinajstić information content (AvgIpc) is 2.34. The zero-order valence-electron chi connectivity index (χ0n) is 15.7. The molecule has 0 amide bonds. The number of rotatable bonds is 1. The number of allylic oxidation sites excluding steroid dienone is 4. The van der Waals surface area contributed by atoms with Gasteiger partial charge >= 0.3 is 0 Å². The van der Waals surface area contributed by atoms with E-state index in [0.717, 1.165) is 5.92 Å². The third-order valence-corrected chi connectivity index (χ3v) is 6.87. The van der Waals surface area contributed by atoms with Crippen molar-refractivity contribution < 1.29 is 0 Å². The summed E-state index contributed by atoms with van der Waals surface area (Å²) < 4.78 is 0. The van der Waals surface area contributed by atoms with E-state index >= 15 is 0 Å². The van der Waals surface area contributed by atoms with Crippen LogP contribution in [0.5, 0.6) is 0 Å². The van der Waals surface area contributed by atoms with Gasteiger partial charge in [-0.15, -0.1) is 5.54 Å². The number of hydrogen-bond acceptors (Lipinski definition) is 0. The van der Waals surface area contributed by atoms with Crippen LogP contribution in [0.4, 0.5) is 0 Å². The molecule has 2 aliphatic carbocycles. The molecule has 0 aliphatic heterocycles. The van der Waals surface area contributed by atoms with Gasteiger partial charge in [-0.3, -0.25) is 0 Å². The minimum absolute atomic E-state index is 0.415. The average molecular weight is 315 g/mol. The van der Waals surface area contributed by atoms with Crippen molar-refractivity contribution in [3.63, 3.8) is 0 Å². The molecule has 0 heterocycles. The first-order chi connectivity index (χ1) is 10.1. The second-order valence-corrected chi connectivity index (χ2v) is 14.2. The van der Waals surface area contributed by atoms with Crippen molar-refractivity contribution in [2.75, 3.05) is 0 Å². The van der Waals surface area contributed by atoms with Gasteiger partial charge in [-0.1, -0.05) is 70.5 Å². The minimum atomic E-state index is -1.26. The van der Waals surface area contributed by atoms with Crippen LogP contribution in [-0.2, 0) is 0 Å². The monoisotopic (exact) mass is 314 g/mol. The van der Waals surface area contributed by atoms with E-state index in [0.29, 0.717) is 16.7 Å². The smallest absolute Gasteiger partial charge is 0.127 e. The lowest BCUT2D eigenvalue weighted by Crippen LogP contribution is -2.47. The molecule has 2 rings (SSSR count). The van der Waals surface area contributed by atoms with Crippen molar-refractivity contribution in [3.05, 3.63) is 23.8 Å². The van der Waals surface area contributed by atoms with Crippen molar-refractivity contribution in [2.24, 2.45) is 22.7 Å². The Hall–Kier alpha value is -0.743. The van der Waals surface area contributed by atoms with Crippen molar-refractivity contribution in [1.82, 2.24) is 0 Å². The molecule has 0 aromatic rings. The molecule has 1 saturated carbocycles. The Morgan fingerprint density at radius 3 is 2.50 bits per heavy atom. The highest BCUT2D eigenvalue weighted by Gasteiger charge is 2.50. The van der Waals surface area contributed by atoms with E-state index in [-0.39, 0.29) is 0 Å². The van der Waals surface area contributed by atoms with Crippen LogP contribution in [0.1, 0.15) is 53.4 Å². The Kier molecular flexibility index (Phi) is 4.84. The molecule has 0 bridgehead atoms. The zero-order chi connectivity index (χ0) is 16.6. The van der Waals surface area contributed by atoms with Gasteiger partial charge in [0.05, 0.1) is 0 Å². The summed E-state index contributed by atoms with van der Waals surface area (Å²) >= 11 is 0. The van der Waals surface area contributed by atoms with E-state index in [1.54, 1.807) is 5.57 Å². The first kappa shape index (κ1) is 17.6. The molecular weight excluding hydrogens is 280 g/mol. The number of hydrogen-bond donors (Lipinski definition) is 0. The molecule has 2 aliphatic rings. The van der Waals surface area contributed by atoms with Crippen molar-refractivity contribution in [1.29, 1.82) is 0 Å². The molecule has 0 N–H and O–H groups in total. The first-order valence-electron chi connectivity index (χ1n) is 8.92. The van der Waals surface area contributed by atoms with Gasteiger partial charge in [-0.2, -0.15) is 0 Å². The van der Waals surface area contributed by atoms with E-state index in [1.165, 1.54) is 25.7 Å². The lowest BCUT2D eigenvalue weighted by molar-refractivity contribution is -0.0242. The van der Waals surface area contributed by atoms with Crippen molar-refractivity contribution in [2.45, 2.75) is 73.0 Å². The van der Waals surface area contributed by atoms with E-state index in [4.69, 9.17) is 0 Å². The first-order valence-corrected chi connectivity index (χ1v) is 12.4. The maximum absolute atomic E-state index is 3.46. The normalized spacial score (nSPS) is 34.6. The summed E-state index contributed by atoms with van der Waals surface area (Å²) in [6, 6.07) is 0. The van der Waals surface area contributed by atoms with Crippen LogP contribution in [0.3, 0.4) is 0 Å². The second kappa shape index (κ2) is 6.04. The summed E-state index contributed by atoms with van der Waals surface area (Å²) in [7, 11) is -1.26. The Labute approximate surface area is 139 Å². The van der Waals surface area contributed by atoms with Crippen molar-refractivity contribution in [3.8, 4) is 11.5 Å². The number of fused-ring (bicyclic) bond motifs is 1. The van der Waals surface area contributed by atoms with E-state index < -0.39 is 8.07 Å². The lowest BCUT2D eigenvalue weighted by atomic mass is 9.49. The standard InChI is InChI=1S/C21H34Si/c1-17-12-13-19-20(2,3)14-10-15-21(19,4)18(17)11-8-9-16-22(5,6)7/h8,11-12,18-19H,10,13-15H2,1-7H3/b11-8+/t18-,19-,21+/m0/s1. The van der Waals surface area contributed by atoms with E-state index in [1.807, 2.05) is 0 Å². The molecule has 1 fully saturated rings. The third-order valence-electron chi connectivity index (χ3n) is 5.97. The fraction of sp³-hybridized carbons (Fsp3) is 0.714. The van der Waals surface area contributed by atoms with Crippen LogP contribution >= 0.6 is 0 Å². The molecule has 122 valence electrons. The third kappa shape index (κ3) is 3.59. The summed E-state index contributed by atoms with van der Waals surface area (Å²) in [4.78, 5) is 0. The molecule has 22 heavy (non-hydrogen) atoms. The molecule has 3 atom stereocenters. The Morgan fingerprint density at radius 2 is 1.86 bits per heavy atom. The quantitative estimate of drug-likeness (QED) is 0.306. The molecule has 0 nitrogen and oxygen atoms in total. The highest BCUT2D eigenvalue weighted by molar-refractivity contribution is 6.83. The molecule has 0 radical (unpaired) electrons. The maximum atomic E-state index is 3.46. The maximum Gasteiger partial charge on any atom is 0.129 e. The van der Waals surface area contributed by atoms with Gasteiger partial charge in [-0.05, 0) is 49.0 Å². The predicted molar refractivity (Wildman–Crippen MR) is 101 cm³/mol. The molecule has 0 saturated heterocycles. The summed E-state index contributed by atoms with van der Waals surface area (Å²) in [5.41, 5.74) is 5.90. The molecule has 0 spiro atoms. The summed E-state index contributed by atoms with van der Waals surface area (Å²) in [6.07, 6.45) is 12.4. The van der Waals surface area contributed by atoms with Crippen LogP contribution in [0.15, 0.2) is 23.8 Å². The zero-order valence-corrected chi connectivity index (χ0v) is 16.7. The van der Waals surface area contributed by atoms with Gasteiger partial charge in [0.25, 0.3) is 0 Å². The SMILES string of the molecule is CC1=CC[C@H]2C(C)(C)CCC[C@]2(C)[C@H]1/C=C/C#C[Si](C)(C)C. The van der Waals surface area contributed by atoms with Crippen molar-refractivity contribution >= 4 is 8.07 Å². The van der Waals surface area contributed by atoms with Crippen LogP contribution in [0.2, 0.25) is 19.6 Å². The fourth-order valence-electron chi connectivity index (χ4n) is 4.85. The molecular formula is C21H34Si. The van der Waals surface area contributed by atoms with Crippen LogP contribution in [0.25, 0.3) is 0 Å². The predicted octanol–water partition coefficient (Wildman–Crippen LogP) is 6.22.